The Labute approximate surface area is 263 Å². The minimum atomic E-state index is -0.146. The fraction of sp³-hybridized carbons (Fsp3) is 0.970. The molecule has 0 spiro atoms. The number of carbonyl (C=O) groups is 1. The third-order valence-corrected chi connectivity index (χ3v) is 6.47. The van der Waals surface area contributed by atoms with Crippen LogP contribution in [0.2, 0.25) is 0 Å². The monoisotopic (exact) mass is 622 g/mol. The van der Waals surface area contributed by atoms with Crippen LogP contribution in [0.4, 0.5) is 0 Å². The molecule has 0 rings (SSSR count). The lowest BCUT2D eigenvalue weighted by Gasteiger charge is -2.09. The van der Waals surface area contributed by atoms with Gasteiger partial charge in [-0.1, -0.05) is 78.1 Å². The van der Waals surface area contributed by atoms with Gasteiger partial charge in [0.05, 0.1) is 99.1 Å². The topological polar surface area (TPSA) is 100 Å². The van der Waals surface area contributed by atoms with Gasteiger partial charge in [0.25, 0.3) is 0 Å². The Morgan fingerprint density at radius 3 is 0.977 bits per heavy atom. The first kappa shape index (κ1) is 42.1. The van der Waals surface area contributed by atoms with Crippen LogP contribution in [-0.4, -0.2) is 118 Å². The molecule has 0 bridgehead atoms. The summed E-state index contributed by atoms with van der Waals surface area (Å²) in [5, 5.41) is 0. The van der Waals surface area contributed by atoms with Crippen LogP contribution in [-0.2, 0) is 47.4 Å². The zero-order valence-corrected chi connectivity index (χ0v) is 27.8. The van der Waals surface area contributed by atoms with Gasteiger partial charge in [-0.05, 0) is 12.8 Å². The van der Waals surface area contributed by atoms with E-state index in [1.165, 1.54) is 44.9 Å². The summed E-state index contributed by atoms with van der Waals surface area (Å²) in [6, 6.07) is 0. The fourth-order valence-electron chi connectivity index (χ4n) is 3.96. The maximum atomic E-state index is 11.5. The molecule has 0 aromatic carbocycles. The van der Waals surface area contributed by atoms with Crippen LogP contribution in [0.3, 0.4) is 0 Å². The SMILES string of the molecule is CCCCCCCCCCOCCOCCOCCOCCOCCOCCOCCOCCOC(=O)CCCCCC. The highest BCUT2D eigenvalue weighted by atomic mass is 16.6. The molecule has 0 unspecified atom stereocenters. The van der Waals surface area contributed by atoms with Crippen LogP contribution >= 0.6 is 0 Å². The van der Waals surface area contributed by atoms with Gasteiger partial charge in [0, 0.05) is 13.0 Å². The second kappa shape index (κ2) is 39.2. The first-order chi connectivity index (χ1) is 21.3. The lowest BCUT2D eigenvalue weighted by molar-refractivity contribution is -0.145. The number of esters is 1. The maximum absolute atomic E-state index is 11.5. The third-order valence-electron chi connectivity index (χ3n) is 6.47. The van der Waals surface area contributed by atoms with Gasteiger partial charge in [0.2, 0.25) is 0 Å². The van der Waals surface area contributed by atoms with E-state index in [1.807, 2.05) is 0 Å². The summed E-state index contributed by atoms with van der Waals surface area (Å²) in [7, 11) is 0. The van der Waals surface area contributed by atoms with Crippen molar-refractivity contribution in [1.29, 1.82) is 0 Å². The van der Waals surface area contributed by atoms with Crippen LogP contribution in [0.25, 0.3) is 0 Å². The molecular weight excluding hydrogens is 556 g/mol. The summed E-state index contributed by atoms with van der Waals surface area (Å²) in [4.78, 5) is 11.5. The Kier molecular flexibility index (Phi) is 38.4. The molecule has 0 aromatic rings. The molecule has 0 N–H and O–H groups in total. The maximum Gasteiger partial charge on any atom is 0.305 e. The summed E-state index contributed by atoms with van der Waals surface area (Å²) >= 11 is 0. The molecule has 0 radical (unpaired) electrons. The van der Waals surface area contributed by atoms with Gasteiger partial charge in [-0.25, -0.2) is 0 Å². The molecule has 0 aliphatic rings. The molecule has 0 aliphatic carbocycles. The summed E-state index contributed by atoms with van der Waals surface area (Å²) in [6.07, 6.45) is 15.3. The van der Waals surface area contributed by atoms with E-state index in [2.05, 4.69) is 13.8 Å². The predicted octanol–water partition coefficient (Wildman–Crippen LogP) is 5.77. The second-order valence-electron chi connectivity index (χ2n) is 10.4. The Bertz CT molecular complexity index is 524. The molecule has 0 aliphatic heterocycles. The van der Waals surface area contributed by atoms with Gasteiger partial charge >= 0.3 is 5.97 Å². The van der Waals surface area contributed by atoms with Gasteiger partial charge in [0.15, 0.2) is 0 Å². The molecule has 10 heteroatoms. The highest BCUT2D eigenvalue weighted by molar-refractivity contribution is 5.69. The molecule has 10 nitrogen and oxygen atoms in total. The van der Waals surface area contributed by atoms with Gasteiger partial charge in [0.1, 0.15) is 6.61 Å². The Balaban J connectivity index is 3.07. The minimum Gasteiger partial charge on any atom is -0.463 e. The molecule has 0 aromatic heterocycles. The molecule has 258 valence electrons. The smallest absolute Gasteiger partial charge is 0.305 e. The number of hydrogen-bond donors (Lipinski definition) is 0. The van der Waals surface area contributed by atoms with Gasteiger partial charge in [-0.3, -0.25) is 4.79 Å². The first-order valence-electron chi connectivity index (χ1n) is 17.1. The average Bonchev–Trinajstić information content (AvgIpc) is 3.01. The Morgan fingerprint density at radius 1 is 0.326 bits per heavy atom. The summed E-state index contributed by atoms with van der Waals surface area (Å²) in [5.74, 6) is -0.146. The van der Waals surface area contributed by atoms with Crippen molar-refractivity contribution in [1.82, 2.24) is 0 Å². The number of rotatable bonds is 38. The van der Waals surface area contributed by atoms with Crippen molar-refractivity contribution in [3.05, 3.63) is 0 Å². The van der Waals surface area contributed by atoms with Crippen LogP contribution in [0, 0.1) is 0 Å². The van der Waals surface area contributed by atoms with Crippen molar-refractivity contribution >= 4 is 5.97 Å². The minimum absolute atomic E-state index is 0.146. The van der Waals surface area contributed by atoms with Crippen LogP contribution < -0.4 is 0 Å². The van der Waals surface area contributed by atoms with E-state index in [4.69, 9.17) is 42.6 Å². The third kappa shape index (κ3) is 39.1. The normalized spacial score (nSPS) is 11.4. The van der Waals surface area contributed by atoms with Crippen LogP contribution in [0.15, 0.2) is 0 Å². The number of unbranched alkanes of at least 4 members (excludes halogenated alkanes) is 10. The lowest BCUT2D eigenvalue weighted by Crippen LogP contribution is -2.15. The zero-order valence-electron chi connectivity index (χ0n) is 27.8. The van der Waals surface area contributed by atoms with E-state index in [1.54, 1.807) is 0 Å². The number of carbonyl (C=O) groups excluding carboxylic acids is 1. The lowest BCUT2D eigenvalue weighted by atomic mass is 10.1. The van der Waals surface area contributed by atoms with Crippen LogP contribution in [0.5, 0.6) is 0 Å². The zero-order chi connectivity index (χ0) is 31.2. The van der Waals surface area contributed by atoms with Gasteiger partial charge in [-0.15, -0.1) is 0 Å². The van der Waals surface area contributed by atoms with E-state index < -0.39 is 0 Å². The first-order valence-corrected chi connectivity index (χ1v) is 17.1. The average molecular weight is 623 g/mol. The highest BCUT2D eigenvalue weighted by Gasteiger charge is 2.02. The van der Waals surface area contributed by atoms with Gasteiger partial charge < -0.3 is 42.6 Å². The van der Waals surface area contributed by atoms with Gasteiger partial charge in [-0.2, -0.15) is 0 Å². The summed E-state index contributed by atoms with van der Waals surface area (Å²) < 4.78 is 49.1. The molecule has 0 heterocycles. The molecule has 0 atom stereocenters. The van der Waals surface area contributed by atoms with Crippen molar-refractivity contribution in [3.8, 4) is 0 Å². The molecule has 0 fully saturated rings. The van der Waals surface area contributed by atoms with E-state index in [0.717, 1.165) is 38.7 Å². The summed E-state index contributed by atoms with van der Waals surface area (Å²) in [6.45, 7) is 13.4. The number of ether oxygens (including phenoxy) is 9. The Hall–Kier alpha value is -0.850. The molecular formula is C33H66O10. The van der Waals surface area contributed by atoms with E-state index in [-0.39, 0.29) is 5.97 Å². The van der Waals surface area contributed by atoms with Crippen molar-refractivity contribution in [2.24, 2.45) is 0 Å². The van der Waals surface area contributed by atoms with Crippen molar-refractivity contribution < 1.29 is 47.4 Å². The highest BCUT2D eigenvalue weighted by Crippen LogP contribution is 2.08. The Morgan fingerprint density at radius 2 is 0.605 bits per heavy atom. The molecule has 0 saturated carbocycles. The summed E-state index contributed by atoms with van der Waals surface area (Å²) in [5.41, 5.74) is 0. The van der Waals surface area contributed by atoms with E-state index in [9.17, 15) is 4.79 Å². The largest absolute Gasteiger partial charge is 0.463 e. The van der Waals surface area contributed by atoms with Crippen molar-refractivity contribution in [3.63, 3.8) is 0 Å². The van der Waals surface area contributed by atoms with E-state index >= 15 is 0 Å². The molecule has 0 amide bonds. The van der Waals surface area contributed by atoms with Crippen LogP contribution in [0.1, 0.15) is 97.3 Å². The predicted molar refractivity (Wildman–Crippen MR) is 169 cm³/mol. The van der Waals surface area contributed by atoms with E-state index in [0.29, 0.717) is 112 Å². The fourth-order valence-corrected chi connectivity index (χ4v) is 3.96. The van der Waals surface area contributed by atoms with Crippen molar-refractivity contribution in [2.45, 2.75) is 97.3 Å². The molecule has 0 saturated heterocycles. The molecule has 43 heavy (non-hydrogen) atoms. The number of hydrogen-bond acceptors (Lipinski definition) is 10. The standard InChI is InChI=1S/C33H66O10/c1-3-5-7-9-10-11-12-14-16-35-17-18-36-19-20-37-21-22-38-23-24-39-25-26-40-27-28-41-29-30-42-31-32-43-33(34)15-13-8-6-4-2/h3-32H2,1-2H3. The quantitative estimate of drug-likeness (QED) is 0.0623. The van der Waals surface area contributed by atoms with Crippen molar-refractivity contribution in [2.75, 3.05) is 112 Å². The second-order valence-corrected chi connectivity index (χ2v) is 10.4.